The average molecular weight is 260 g/mol. The van der Waals surface area contributed by atoms with Gasteiger partial charge in [0, 0.05) is 6.04 Å². The van der Waals surface area contributed by atoms with E-state index in [4.69, 9.17) is 15.6 Å². The van der Waals surface area contributed by atoms with Crippen LogP contribution in [0.25, 0.3) is 0 Å². The van der Waals surface area contributed by atoms with Crippen molar-refractivity contribution in [2.75, 3.05) is 7.11 Å². The molecule has 0 aliphatic heterocycles. The highest BCUT2D eigenvalue weighted by Crippen LogP contribution is 2.32. The fourth-order valence-corrected chi connectivity index (χ4v) is 1.49. The second-order valence-electron chi connectivity index (χ2n) is 4.28. The van der Waals surface area contributed by atoms with Gasteiger partial charge in [-0.25, -0.2) is 0 Å². The van der Waals surface area contributed by atoms with Crippen molar-refractivity contribution < 1.29 is 14.6 Å². The van der Waals surface area contributed by atoms with Crippen molar-refractivity contribution in [1.82, 2.24) is 0 Å². The standard InChI is InChI=1S/C12H17NO3.ClH/c1-12(2,11(15)16-3)10(13)8-4-6-9(14)7-5-8;/h4-7,10,14H,13H2,1-3H3;1H/t10-;/m1./s1. The van der Waals surface area contributed by atoms with Gasteiger partial charge < -0.3 is 15.6 Å². The Labute approximate surface area is 107 Å². The summed E-state index contributed by atoms with van der Waals surface area (Å²) in [6.45, 7) is 3.46. The molecule has 0 aliphatic rings. The molecule has 0 unspecified atom stereocenters. The summed E-state index contributed by atoms with van der Waals surface area (Å²) in [5, 5.41) is 9.16. The topological polar surface area (TPSA) is 72.5 Å². The summed E-state index contributed by atoms with van der Waals surface area (Å²) in [6, 6.07) is 6.01. The molecule has 5 heteroatoms. The predicted molar refractivity (Wildman–Crippen MR) is 68.1 cm³/mol. The van der Waals surface area contributed by atoms with Gasteiger partial charge in [0.15, 0.2) is 0 Å². The van der Waals surface area contributed by atoms with Gasteiger partial charge in [0.2, 0.25) is 0 Å². The molecular weight excluding hydrogens is 242 g/mol. The number of aromatic hydroxyl groups is 1. The molecule has 0 saturated heterocycles. The quantitative estimate of drug-likeness (QED) is 0.815. The van der Waals surface area contributed by atoms with Crippen molar-refractivity contribution in [3.8, 4) is 5.75 Å². The maximum Gasteiger partial charge on any atom is 0.313 e. The van der Waals surface area contributed by atoms with Gasteiger partial charge in [-0.3, -0.25) is 4.79 Å². The van der Waals surface area contributed by atoms with Crippen molar-refractivity contribution in [3.63, 3.8) is 0 Å². The van der Waals surface area contributed by atoms with Crippen LogP contribution in [0, 0.1) is 5.41 Å². The lowest BCUT2D eigenvalue weighted by Gasteiger charge is -2.28. The minimum absolute atomic E-state index is 0. The Morgan fingerprint density at radius 1 is 1.35 bits per heavy atom. The summed E-state index contributed by atoms with van der Waals surface area (Å²) in [6.07, 6.45) is 0. The maximum atomic E-state index is 11.6. The van der Waals surface area contributed by atoms with Gasteiger partial charge in [-0.05, 0) is 31.5 Å². The molecule has 0 amide bonds. The molecule has 3 N–H and O–H groups in total. The monoisotopic (exact) mass is 259 g/mol. The molecule has 4 nitrogen and oxygen atoms in total. The zero-order chi connectivity index (χ0) is 12.3. The first-order valence-electron chi connectivity index (χ1n) is 5.02. The SMILES string of the molecule is COC(=O)C(C)(C)[C@H](N)c1ccc(O)cc1.Cl. The molecule has 1 rings (SSSR count). The van der Waals surface area contributed by atoms with Crippen LogP contribution in [0.1, 0.15) is 25.5 Å². The molecule has 0 fully saturated rings. The lowest BCUT2D eigenvalue weighted by Crippen LogP contribution is -2.37. The number of benzene rings is 1. The minimum Gasteiger partial charge on any atom is -0.508 e. The Balaban J connectivity index is 0.00000256. The van der Waals surface area contributed by atoms with E-state index in [2.05, 4.69) is 0 Å². The molecule has 17 heavy (non-hydrogen) atoms. The number of carbonyl (C=O) groups is 1. The highest BCUT2D eigenvalue weighted by atomic mass is 35.5. The molecule has 1 aromatic carbocycles. The largest absolute Gasteiger partial charge is 0.508 e. The Kier molecular flexibility index (Phi) is 5.45. The number of phenolic OH excluding ortho intramolecular Hbond substituents is 1. The predicted octanol–water partition coefficient (Wildman–Crippen LogP) is 2.01. The average Bonchev–Trinajstić information content (AvgIpc) is 2.28. The van der Waals surface area contributed by atoms with E-state index >= 15 is 0 Å². The van der Waals surface area contributed by atoms with Gasteiger partial charge in [0.1, 0.15) is 5.75 Å². The second kappa shape index (κ2) is 5.89. The second-order valence-corrected chi connectivity index (χ2v) is 4.28. The van der Waals surface area contributed by atoms with E-state index in [1.54, 1.807) is 38.1 Å². The van der Waals surface area contributed by atoms with E-state index in [0.717, 1.165) is 5.56 Å². The molecule has 0 aliphatic carbocycles. The van der Waals surface area contributed by atoms with Crippen molar-refractivity contribution in [2.24, 2.45) is 11.1 Å². The van der Waals surface area contributed by atoms with E-state index in [-0.39, 0.29) is 24.1 Å². The first kappa shape index (κ1) is 15.7. The van der Waals surface area contributed by atoms with Gasteiger partial charge in [-0.15, -0.1) is 12.4 Å². The molecular formula is C12H18ClNO3. The van der Waals surface area contributed by atoms with Crippen molar-refractivity contribution in [2.45, 2.75) is 19.9 Å². The lowest BCUT2D eigenvalue weighted by atomic mass is 9.81. The van der Waals surface area contributed by atoms with E-state index in [1.807, 2.05) is 0 Å². The van der Waals surface area contributed by atoms with Gasteiger partial charge in [-0.1, -0.05) is 12.1 Å². The molecule has 0 aromatic heterocycles. The van der Waals surface area contributed by atoms with Gasteiger partial charge in [0.05, 0.1) is 12.5 Å². The van der Waals surface area contributed by atoms with Crippen LogP contribution >= 0.6 is 12.4 Å². The molecule has 0 radical (unpaired) electrons. The zero-order valence-corrected chi connectivity index (χ0v) is 11.0. The molecule has 1 atom stereocenters. The maximum absolute atomic E-state index is 11.6. The summed E-state index contributed by atoms with van der Waals surface area (Å²) >= 11 is 0. The third-order valence-corrected chi connectivity index (χ3v) is 2.74. The number of rotatable bonds is 3. The van der Waals surface area contributed by atoms with Crippen LogP contribution in [0.4, 0.5) is 0 Å². The zero-order valence-electron chi connectivity index (χ0n) is 10.1. The number of nitrogens with two attached hydrogens (primary N) is 1. The van der Waals surface area contributed by atoms with Crippen LogP contribution in [0.5, 0.6) is 5.75 Å². The number of carbonyl (C=O) groups excluding carboxylic acids is 1. The summed E-state index contributed by atoms with van der Waals surface area (Å²) in [4.78, 5) is 11.6. The normalized spacial score (nSPS) is 12.5. The summed E-state index contributed by atoms with van der Waals surface area (Å²) in [5.74, 6) is -0.181. The van der Waals surface area contributed by atoms with E-state index < -0.39 is 11.5 Å². The van der Waals surface area contributed by atoms with Crippen molar-refractivity contribution in [3.05, 3.63) is 29.8 Å². The highest BCUT2D eigenvalue weighted by molar-refractivity contribution is 5.85. The van der Waals surface area contributed by atoms with E-state index in [1.165, 1.54) is 7.11 Å². The number of halogens is 1. The number of ether oxygens (including phenoxy) is 1. The van der Waals surface area contributed by atoms with Crippen LogP contribution in [0.2, 0.25) is 0 Å². The minimum atomic E-state index is -0.800. The lowest BCUT2D eigenvalue weighted by molar-refractivity contribution is -0.152. The van der Waals surface area contributed by atoms with E-state index in [0.29, 0.717) is 0 Å². The smallest absolute Gasteiger partial charge is 0.313 e. The number of hydrogen-bond acceptors (Lipinski definition) is 4. The van der Waals surface area contributed by atoms with Crippen LogP contribution in [0.3, 0.4) is 0 Å². The van der Waals surface area contributed by atoms with Gasteiger partial charge in [-0.2, -0.15) is 0 Å². The van der Waals surface area contributed by atoms with Crippen molar-refractivity contribution in [1.29, 1.82) is 0 Å². The Hall–Kier alpha value is -1.26. The first-order valence-corrected chi connectivity index (χ1v) is 5.02. The Bertz CT molecular complexity index is 376. The summed E-state index contributed by atoms with van der Waals surface area (Å²) < 4.78 is 4.71. The molecule has 0 bridgehead atoms. The van der Waals surface area contributed by atoms with Gasteiger partial charge in [0.25, 0.3) is 0 Å². The number of esters is 1. The fraction of sp³-hybridized carbons (Fsp3) is 0.417. The number of methoxy groups -OCH3 is 1. The summed E-state index contributed by atoms with van der Waals surface area (Å²) in [7, 11) is 1.34. The molecule has 0 spiro atoms. The molecule has 1 aromatic rings. The van der Waals surface area contributed by atoms with Crippen LogP contribution < -0.4 is 5.73 Å². The van der Waals surface area contributed by atoms with Gasteiger partial charge >= 0.3 is 5.97 Å². The Morgan fingerprint density at radius 3 is 2.24 bits per heavy atom. The molecule has 0 saturated carbocycles. The number of phenols is 1. The highest BCUT2D eigenvalue weighted by Gasteiger charge is 2.36. The third-order valence-electron chi connectivity index (χ3n) is 2.74. The first-order chi connectivity index (χ1) is 7.39. The summed E-state index contributed by atoms with van der Waals surface area (Å²) in [5.41, 5.74) is 6.00. The number of hydrogen-bond donors (Lipinski definition) is 2. The Morgan fingerprint density at radius 2 is 1.82 bits per heavy atom. The van der Waals surface area contributed by atoms with E-state index in [9.17, 15) is 4.79 Å². The molecule has 0 heterocycles. The molecule has 96 valence electrons. The van der Waals surface area contributed by atoms with Crippen LogP contribution in [-0.4, -0.2) is 18.2 Å². The van der Waals surface area contributed by atoms with Crippen LogP contribution in [-0.2, 0) is 9.53 Å². The van der Waals surface area contributed by atoms with Crippen LogP contribution in [0.15, 0.2) is 24.3 Å². The fourth-order valence-electron chi connectivity index (χ4n) is 1.49. The van der Waals surface area contributed by atoms with Crippen molar-refractivity contribution >= 4 is 18.4 Å². The third kappa shape index (κ3) is 3.35.